The number of ether oxygens (including phenoxy) is 2. The molecule has 0 aliphatic carbocycles. The number of hydrogen-bond donors (Lipinski definition) is 0. The van der Waals surface area contributed by atoms with Gasteiger partial charge in [-0.15, -0.1) is 0 Å². The van der Waals surface area contributed by atoms with Crippen LogP contribution in [0, 0.1) is 0 Å². The van der Waals surface area contributed by atoms with Crippen LogP contribution in [0.5, 0.6) is 0 Å². The molecule has 0 unspecified atom stereocenters. The van der Waals surface area contributed by atoms with Gasteiger partial charge >= 0.3 is 0 Å². The summed E-state index contributed by atoms with van der Waals surface area (Å²) in [6.45, 7) is 7.12. The molecule has 3 rings (SSSR count). The fourth-order valence-electron chi connectivity index (χ4n) is 3.45. The van der Waals surface area contributed by atoms with Gasteiger partial charge in [0.15, 0.2) is 5.79 Å². The molecule has 19 heavy (non-hydrogen) atoms. The van der Waals surface area contributed by atoms with Crippen molar-refractivity contribution >= 4 is 0 Å². The van der Waals surface area contributed by atoms with E-state index in [2.05, 4.69) is 49.1 Å². The minimum absolute atomic E-state index is 0.285. The Hall–Kier alpha value is -0.900. The van der Waals surface area contributed by atoms with Crippen LogP contribution >= 0.6 is 0 Å². The van der Waals surface area contributed by atoms with Crippen LogP contribution in [0.25, 0.3) is 0 Å². The Morgan fingerprint density at radius 1 is 1.21 bits per heavy atom. The van der Waals surface area contributed by atoms with E-state index >= 15 is 0 Å². The lowest BCUT2D eigenvalue weighted by Crippen LogP contribution is -2.50. The highest BCUT2D eigenvalue weighted by atomic mass is 16.7. The van der Waals surface area contributed by atoms with Gasteiger partial charge in [-0.05, 0) is 19.4 Å². The fourth-order valence-corrected chi connectivity index (χ4v) is 3.45. The van der Waals surface area contributed by atoms with Crippen LogP contribution in [-0.4, -0.2) is 36.5 Å². The lowest BCUT2D eigenvalue weighted by molar-refractivity contribution is -0.198. The quantitative estimate of drug-likeness (QED) is 0.817. The first kappa shape index (κ1) is 13.1. The first-order chi connectivity index (χ1) is 9.20. The smallest absolute Gasteiger partial charge is 0.171 e. The van der Waals surface area contributed by atoms with Gasteiger partial charge in [0.25, 0.3) is 0 Å². The molecule has 2 saturated heterocycles. The van der Waals surface area contributed by atoms with Gasteiger partial charge in [0, 0.05) is 31.5 Å². The molecular formula is C16H23NO2. The zero-order valence-corrected chi connectivity index (χ0v) is 11.8. The number of hydrogen-bond acceptors (Lipinski definition) is 3. The van der Waals surface area contributed by atoms with Crippen LogP contribution in [-0.2, 0) is 9.47 Å². The van der Waals surface area contributed by atoms with Gasteiger partial charge in [-0.25, -0.2) is 0 Å². The second-order valence-corrected chi connectivity index (χ2v) is 5.74. The molecule has 2 atom stereocenters. The molecule has 3 heteroatoms. The van der Waals surface area contributed by atoms with Crippen molar-refractivity contribution in [2.75, 3.05) is 19.8 Å². The van der Waals surface area contributed by atoms with Crippen LogP contribution in [0.4, 0.5) is 0 Å². The van der Waals surface area contributed by atoms with Crippen molar-refractivity contribution in [3.63, 3.8) is 0 Å². The van der Waals surface area contributed by atoms with E-state index in [-0.39, 0.29) is 5.79 Å². The van der Waals surface area contributed by atoms with Crippen molar-refractivity contribution < 1.29 is 9.47 Å². The summed E-state index contributed by atoms with van der Waals surface area (Å²) < 4.78 is 11.7. The Morgan fingerprint density at radius 2 is 1.89 bits per heavy atom. The van der Waals surface area contributed by atoms with E-state index in [4.69, 9.17) is 9.47 Å². The van der Waals surface area contributed by atoms with E-state index in [9.17, 15) is 0 Å². The second-order valence-electron chi connectivity index (χ2n) is 5.74. The molecule has 104 valence electrons. The maximum atomic E-state index is 5.84. The minimum atomic E-state index is -0.285. The molecular weight excluding hydrogens is 238 g/mol. The van der Waals surface area contributed by atoms with Gasteiger partial charge in [0.1, 0.15) is 0 Å². The van der Waals surface area contributed by atoms with E-state index in [1.807, 2.05) is 0 Å². The summed E-state index contributed by atoms with van der Waals surface area (Å²) in [5.41, 5.74) is 1.39. The highest BCUT2D eigenvalue weighted by molar-refractivity contribution is 5.18. The molecule has 0 radical (unpaired) electrons. The van der Waals surface area contributed by atoms with Gasteiger partial charge in [-0.2, -0.15) is 0 Å². The third-order valence-electron chi connectivity index (χ3n) is 4.52. The summed E-state index contributed by atoms with van der Waals surface area (Å²) in [5, 5.41) is 0. The van der Waals surface area contributed by atoms with Crippen LogP contribution in [0.15, 0.2) is 30.3 Å². The zero-order chi connectivity index (χ0) is 13.3. The molecule has 0 bridgehead atoms. The monoisotopic (exact) mass is 261 g/mol. The third kappa shape index (κ3) is 2.55. The fraction of sp³-hybridized carbons (Fsp3) is 0.625. The molecule has 2 heterocycles. The summed E-state index contributed by atoms with van der Waals surface area (Å²) in [6.07, 6.45) is 1.96. The second kappa shape index (κ2) is 5.23. The maximum absolute atomic E-state index is 5.84. The van der Waals surface area contributed by atoms with Crippen molar-refractivity contribution in [1.29, 1.82) is 0 Å². The van der Waals surface area contributed by atoms with Crippen LogP contribution in [0.3, 0.4) is 0 Å². The molecule has 0 aromatic heterocycles. The molecule has 1 spiro atoms. The van der Waals surface area contributed by atoms with Crippen LogP contribution < -0.4 is 0 Å². The van der Waals surface area contributed by atoms with E-state index in [0.29, 0.717) is 12.1 Å². The zero-order valence-electron chi connectivity index (χ0n) is 11.8. The number of benzene rings is 1. The molecule has 0 saturated carbocycles. The van der Waals surface area contributed by atoms with E-state index in [0.717, 1.165) is 32.6 Å². The normalized spacial score (nSPS) is 28.6. The highest BCUT2D eigenvalue weighted by Gasteiger charge is 2.43. The molecule has 1 aromatic rings. The Bertz CT molecular complexity index is 414. The largest absolute Gasteiger partial charge is 0.347 e. The summed E-state index contributed by atoms with van der Waals surface area (Å²) in [6, 6.07) is 11.7. The molecule has 2 fully saturated rings. The van der Waals surface area contributed by atoms with Crippen molar-refractivity contribution in [1.82, 2.24) is 4.90 Å². The van der Waals surface area contributed by atoms with E-state index in [1.54, 1.807) is 0 Å². The van der Waals surface area contributed by atoms with E-state index in [1.165, 1.54) is 5.56 Å². The molecule has 3 nitrogen and oxygen atoms in total. The third-order valence-corrected chi connectivity index (χ3v) is 4.52. The summed E-state index contributed by atoms with van der Waals surface area (Å²) in [4.78, 5) is 2.56. The van der Waals surface area contributed by atoms with Crippen molar-refractivity contribution in [3.05, 3.63) is 35.9 Å². The van der Waals surface area contributed by atoms with Crippen molar-refractivity contribution in [2.45, 2.75) is 44.6 Å². The number of nitrogens with zero attached hydrogens (tertiary/aromatic N) is 1. The Balaban J connectivity index is 1.70. The first-order valence-electron chi connectivity index (χ1n) is 7.29. The van der Waals surface area contributed by atoms with Gasteiger partial charge in [0.05, 0.1) is 13.2 Å². The molecule has 1 aromatic carbocycles. The van der Waals surface area contributed by atoms with E-state index < -0.39 is 0 Å². The minimum Gasteiger partial charge on any atom is -0.347 e. The number of rotatable bonds is 2. The average molecular weight is 261 g/mol. The SMILES string of the molecule is C[C@H](c1ccccc1)N1CCC2(C[C@@H]1C)OCCO2. The number of piperidine rings is 1. The lowest BCUT2D eigenvalue weighted by Gasteiger charge is -2.45. The maximum Gasteiger partial charge on any atom is 0.171 e. The highest BCUT2D eigenvalue weighted by Crippen LogP contribution is 2.37. The van der Waals surface area contributed by atoms with Gasteiger partial charge in [-0.3, -0.25) is 4.90 Å². The van der Waals surface area contributed by atoms with Gasteiger partial charge < -0.3 is 9.47 Å². The predicted molar refractivity (Wildman–Crippen MR) is 74.9 cm³/mol. The topological polar surface area (TPSA) is 21.7 Å². The Labute approximate surface area is 115 Å². The number of likely N-dealkylation sites (tertiary alicyclic amines) is 1. The molecule has 2 aliphatic heterocycles. The average Bonchev–Trinajstić information content (AvgIpc) is 2.87. The van der Waals surface area contributed by atoms with Gasteiger partial charge in [0.2, 0.25) is 0 Å². The summed E-state index contributed by atoms with van der Waals surface area (Å²) in [7, 11) is 0. The first-order valence-corrected chi connectivity index (χ1v) is 7.29. The summed E-state index contributed by atoms with van der Waals surface area (Å²) >= 11 is 0. The predicted octanol–water partition coefficient (Wildman–Crippen LogP) is 2.98. The molecule has 2 aliphatic rings. The van der Waals surface area contributed by atoms with Crippen LogP contribution in [0.1, 0.15) is 38.3 Å². The standard InChI is InChI=1S/C16H23NO2/c1-13-12-16(18-10-11-19-16)8-9-17(13)14(2)15-6-4-3-5-7-15/h3-7,13-14H,8-12H2,1-2H3/t13-,14+/m0/s1. The van der Waals surface area contributed by atoms with Gasteiger partial charge in [-0.1, -0.05) is 30.3 Å². The Morgan fingerprint density at radius 3 is 2.53 bits per heavy atom. The summed E-state index contributed by atoms with van der Waals surface area (Å²) in [5.74, 6) is -0.285. The lowest BCUT2D eigenvalue weighted by atomic mass is 9.93. The van der Waals surface area contributed by atoms with Crippen molar-refractivity contribution in [2.24, 2.45) is 0 Å². The molecule has 0 N–H and O–H groups in total. The molecule has 0 amide bonds. The van der Waals surface area contributed by atoms with Crippen molar-refractivity contribution in [3.8, 4) is 0 Å². The van der Waals surface area contributed by atoms with Crippen LogP contribution in [0.2, 0.25) is 0 Å². The Kier molecular flexibility index (Phi) is 3.61.